The van der Waals surface area contributed by atoms with Crippen LogP contribution in [0.15, 0.2) is 42.5 Å². The Morgan fingerprint density at radius 2 is 1.85 bits per heavy atom. The maximum Gasteiger partial charge on any atom is 0.325 e. The third kappa shape index (κ3) is 4.18. The minimum absolute atomic E-state index is 0.240. The van der Waals surface area contributed by atoms with Gasteiger partial charge in [-0.3, -0.25) is 14.5 Å². The molecule has 2 heterocycles. The van der Waals surface area contributed by atoms with Gasteiger partial charge in [0.2, 0.25) is 5.91 Å². The molecule has 34 heavy (non-hydrogen) atoms. The highest BCUT2D eigenvalue weighted by atomic mass is 16.6. The molecule has 0 radical (unpaired) electrons. The summed E-state index contributed by atoms with van der Waals surface area (Å²) in [4.78, 5) is 41.1. The van der Waals surface area contributed by atoms with Crippen molar-refractivity contribution in [2.45, 2.75) is 18.6 Å². The van der Waals surface area contributed by atoms with Crippen LogP contribution in [0.2, 0.25) is 0 Å². The van der Waals surface area contributed by atoms with Gasteiger partial charge in [-0.25, -0.2) is 4.79 Å². The van der Waals surface area contributed by atoms with Crippen molar-refractivity contribution < 1.29 is 33.3 Å². The van der Waals surface area contributed by atoms with Gasteiger partial charge in [-0.15, -0.1) is 0 Å². The van der Waals surface area contributed by atoms with Crippen LogP contribution in [0.5, 0.6) is 23.0 Å². The highest BCUT2D eigenvalue weighted by Gasteiger charge is 2.50. The quantitative estimate of drug-likeness (QED) is 0.616. The van der Waals surface area contributed by atoms with E-state index in [1.807, 2.05) is 18.2 Å². The summed E-state index contributed by atoms with van der Waals surface area (Å²) in [5.41, 5.74) is -0.835. The SMILES string of the molecule is COc1ccc([C@@]2(C)NC(=O)N(CC(=O)N(C)C[C@@H]3COc4ccccc4O3)C2=O)cc1OC. The number of fused-ring (bicyclic) bond motifs is 1. The van der Waals surface area contributed by atoms with Gasteiger partial charge in [-0.2, -0.15) is 0 Å². The van der Waals surface area contributed by atoms with E-state index in [0.717, 1.165) is 4.90 Å². The number of ether oxygens (including phenoxy) is 4. The number of benzene rings is 2. The molecule has 0 aliphatic carbocycles. The van der Waals surface area contributed by atoms with Crippen LogP contribution in [0.25, 0.3) is 0 Å². The Kier molecular flexibility index (Phi) is 6.23. The standard InChI is InChI=1S/C24H27N3O7/c1-24(15-9-10-17(31-3)20(11-15)32-4)22(29)27(23(30)25-24)13-21(28)26(2)12-16-14-33-18-7-5-6-8-19(18)34-16/h5-11,16H,12-14H2,1-4H3,(H,25,30)/t16-,24-/m1/s1. The summed E-state index contributed by atoms with van der Waals surface area (Å²) in [6.07, 6.45) is -0.371. The molecule has 2 aliphatic heterocycles. The van der Waals surface area contributed by atoms with E-state index in [4.69, 9.17) is 18.9 Å². The number of carbonyl (C=O) groups is 3. The Labute approximate surface area is 197 Å². The Hall–Kier alpha value is -3.95. The lowest BCUT2D eigenvalue weighted by Gasteiger charge is -2.30. The molecule has 1 saturated heterocycles. The summed E-state index contributed by atoms with van der Waals surface area (Å²) >= 11 is 0. The Morgan fingerprint density at radius 1 is 1.15 bits per heavy atom. The number of methoxy groups -OCH3 is 2. The second-order valence-electron chi connectivity index (χ2n) is 8.29. The Morgan fingerprint density at radius 3 is 2.56 bits per heavy atom. The minimum atomic E-state index is -1.35. The van der Waals surface area contributed by atoms with Crippen LogP contribution in [-0.4, -0.2) is 74.7 Å². The van der Waals surface area contributed by atoms with E-state index < -0.39 is 29.9 Å². The van der Waals surface area contributed by atoms with E-state index in [-0.39, 0.29) is 19.3 Å². The predicted octanol–water partition coefficient (Wildman–Crippen LogP) is 1.77. The summed E-state index contributed by atoms with van der Waals surface area (Å²) in [7, 11) is 4.59. The number of likely N-dealkylation sites (N-methyl/N-ethyl adjacent to an activating group) is 1. The minimum Gasteiger partial charge on any atom is -0.493 e. The molecule has 0 spiro atoms. The highest BCUT2D eigenvalue weighted by Crippen LogP contribution is 2.35. The predicted molar refractivity (Wildman–Crippen MR) is 121 cm³/mol. The molecule has 4 amide bonds. The first-order valence-electron chi connectivity index (χ1n) is 10.8. The molecule has 0 bridgehead atoms. The lowest BCUT2D eigenvalue weighted by Crippen LogP contribution is -2.47. The van der Waals surface area contributed by atoms with Gasteiger partial charge < -0.3 is 29.2 Å². The molecule has 0 unspecified atom stereocenters. The summed E-state index contributed by atoms with van der Waals surface area (Å²) < 4.78 is 22.1. The molecule has 1 fully saturated rings. The average Bonchev–Trinajstić information content (AvgIpc) is 3.07. The van der Waals surface area contributed by atoms with Crippen molar-refractivity contribution in [3.05, 3.63) is 48.0 Å². The highest BCUT2D eigenvalue weighted by molar-refractivity contribution is 6.09. The van der Waals surface area contributed by atoms with Gasteiger partial charge in [0.05, 0.1) is 20.8 Å². The zero-order chi connectivity index (χ0) is 24.5. The van der Waals surface area contributed by atoms with Crippen LogP contribution in [0, 0.1) is 0 Å². The van der Waals surface area contributed by atoms with Crippen LogP contribution in [0.4, 0.5) is 4.79 Å². The summed E-state index contributed by atoms with van der Waals surface area (Å²) in [5.74, 6) is 1.26. The molecule has 10 nitrogen and oxygen atoms in total. The molecular weight excluding hydrogens is 442 g/mol. The lowest BCUT2D eigenvalue weighted by atomic mass is 9.91. The summed E-state index contributed by atoms with van der Waals surface area (Å²) in [6.45, 7) is 1.72. The van der Waals surface area contributed by atoms with Gasteiger partial charge in [0, 0.05) is 7.05 Å². The third-order valence-electron chi connectivity index (χ3n) is 6.00. The van der Waals surface area contributed by atoms with Crippen molar-refractivity contribution in [3.8, 4) is 23.0 Å². The monoisotopic (exact) mass is 469 g/mol. The number of para-hydroxylation sites is 2. The van der Waals surface area contributed by atoms with E-state index in [1.165, 1.54) is 19.1 Å². The fourth-order valence-electron chi connectivity index (χ4n) is 4.00. The largest absolute Gasteiger partial charge is 0.493 e. The normalized spacial score (nSPS) is 21.2. The van der Waals surface area contributed by atoms with Gasteiger partial charge in [-0.1, -0.05) is 18.2 Å². The van der Waals surface area contributed by atoms with Crippen molar-refractivity contribution in [3.63, 3.8) is 0 Å². The first-order valence-corrected chi connectivity index (χ1v) is 10.8. The molecule has 2 aliphatic rings. The van der Waals surface area contributed by atoms with E-state index in [1.54, 1.807) is 38.2 Å². The third-order valence-corrected chi connectivity index (χ3v) is 6.00. The van der Waals surface area contributed by atoms with Crippen molar-refractivity contribution in [1.29, 1.82) is 0 Å². The molecule has 2 atom stereocenters. The summed E-state index contributed by atoms with van der Waals surface area (Å²) in [6, 6.07) is 11.6. The number of hydrogen-bond acceptors (Lipinski definition) is 7. The fourth-order valence-corrected chi connectivity index (χ4v) is 4.00. The molecule has 10 heteroatoms. The molecular formula is C24H27N3O7. The summed E-state index contributed by atoms with van der Waals surface area (Å²) in [5, 5.41) is 2.70. The molecule has 4 rings (SSSR count). The van der Waals surface area contributed by atoms with Crippen LogP contribution in [0.1, 0.15) is 12.5 Å². The van der Waals surface area contributed by atoms with E-state index in [9.17, 15) is 14.4 Å². The van der Waals surface area contributed by atoms with E-state index in [0.29, 0.717) is 28.6 Å². The van der Waals surface area contributed by atoms with Crippen LogP contribution < -0.4 is 24.3 Å². The van der Waals surface area contributed by atoms with Crippen molar-refractivity contribution in [1.82, 2.24) is 15.1 Å². The van der Waals surface area contributed by atoms with Crippen LogP contribution >= 0.6 is 0 Å². The van der Waals surface area contributed by atoms with Gasteiger partial charge in [0.1, 0.15) is 18.7 Å². The number of carbonyl (C=O) groups excluding carboxylic acids is 3. The van der Waals surface area contributed by atoms with Crippen molar-refractivity contribution >= 4 is 17.8 Å². The molecule has 2 aromatic carbocycles. The Balaban J connectivity index is 1.42. The molecule has 1 N–H and O–H groups in total. The Bertz CT molecular complexity index is 1120. The zero-order valence-electron chi connectivity index (χ0n) is 19.5. The number of nitrogens with zero attached hydrogens (tertiary/aromatic N) is 2. The van der Waals surface area contributed by atoms with E-state index >= 15 is 0 Å². The van der Waals surface area contributed by atoms with Crippen molar-refractivity contribution in [2.24, 2.45) is 0 Å². The number of amides is 4. The second-order valence-corrected chi connectivity index (χ2v) is 8.29. The van der Waals surface area contributed by atoms with Gasteiger partial charge >= 0.3 is 6.03 Å². The first kappa shape index (κ1) is 23.2. The number of rotatable bonds is 7. The van der Waals surface area contributed by atoms with Crippen molar-refractivity contribution in [2.75, 3.05) is 41.0 Å². The van der Waals surface area contributed by atoms with Crippen LogP contribution in [0.3, 0.4) is 0 Å². The van der Waals surface area contributed by atoms with Gasteiger partial charge in [-0.05, 0) is 36.8 Å². The number of hydrogen-bond donors (Lipinski definition) is 1. The molecule has 0 aromatic heterocycles. The topological polar surface area (TPSA) is 107 Å². The fraction of sp³-hybridized carbons (Fsp3) is 0.375. The first-order chi connectivity index (χ1) is 16.3. The van der Waals surface area contributed by atoms with E-state index in [2.05, 4.69) is 5.32 Å². The number of urea groups is 1. The second kappa shape index (κ2) is 9.12. The number of nitrogens with one attached hydrogen (secondary N) is 1. The van der Waals surface area contributed by atoms with Gasteiger partial charge in [0.25, 0.3) is 5.91 Å². The molecule has 2 aromatic rings. The maximum atomic E-state index is 13.2. The zero-order valence-corrected chi connectivity index (χ0v) is 19.5. The maximum absolute atomic E-state index is 13.2. The smallest absolute Gasteiger partial charge is 0.325 e. The average molecular weight is 469 g/mol. The number of imide groups is 1. The molecule has 180 valence electrons. The molecule has 0 saturated carbocycles. The van der Waals surface area contributed by atoms with Gasteiger partial charge in [0.15, 0.2) is 29.1 Å². The van der Waals surface area contributed by atoms with Crippen LogP contribution in [-0.2, 0) is 15.1 Å². The lowest BCUT2D eigenvalue weighted by molar-refractivity contribution is -0.138.